The summed E-state index contributed by atoms with van der Waals surface area (Å²) in [7, 11) is 0. The van der Waals surface area contributed by atoms with Crippen LogP contribution in [0.15, 0.2) is 24.3 Å². The van der Waals surface area contributed by atoms with Crippen LogP contribution in [0, 0.1) is 0 Å². The maximum atomic E-state index is 6.09. The van der Waals surface area contributed by atoms with Crippen molar-refractivity contribution < 1.29 is 4.74 Å². The third-order valence-corrected chi connectivity index (χ3v) is 2.62. The summed E-state index contributed by atoms with van der Waals surface area (Å²) in [6.07, 6.45) is 0. The molecule has 0 saturated carbocycles. The molecule has 1 aromatic rings. The summed E-state index contributed by atoms with van der Waals surface area (Å²) in [4.78, 5) is 0. The van der Waals surface area contributed by atoms with Gasteiger partial charge in [-0.1, -0.05) is 29.8 Å². The molecule has 0 aliphatic carbocycles. The van der Waals surface area contributed by atoms with Crippen molar-refractivity contribution in [1.82, 2.24) is 5.32 Å². The fourth-order valence-electron chi connectivity index (χ4n) is 1.43. The van der Waals surface area contributed by atoms with Crippen LogP contribution in [0.25, 0.3) is 0 Å². The van der Waals surface area contributed by atoms with E-state index in [1.807, 2.05) is 31.2 Å². The van der Waals surface area contributed by atoms with Crippen LogP contribution in [-0.4, -0.2) is 19.8 Å². The molecule has 0 aromatic heterocycles. The highest BCUT2D eigenvalue weighted by molar-refractivity contribution is 6.31. The van der Waals surface area contributed by atoms with Crippen LogP contribution in [0.2, 0.25) is 5.02 Å². The van der Waals surface area contributed by atoms with Gasteiger partial charge in [-0.2, -0.15) is 0 Å². The van der Waals surface area contributed by atoms with Gasteiger partial charge in [0.1, 0.15) is 0 Å². The van der Waals surface area contributed by atoms with Gasteiger partial charge in [0.15, 0.2) is 0 Å². The lowest BCUT2D eigenvalue weighted by molar-refractivity contribution is 0.147. The van der Waals surface area contributed by atoms with Crippen LogP contribution in [0.3, 0.4) is 0 Å². The van der Waals surface area contributed by atoms with Gasteiger partial charge in [0, 0.05) is 24.2 Å². The highest BCUT2D eigenvalue weighted by atomic mass is 35.5. The molecule has 1 aromatic carbocycles. The molecular formula is C12H18ClNO. The molecule has 0 fully saturated rings. The smallest absolute Gasteiger partial charge is 0.0590 e. The van der Waals surface area contributed by atoms with Crippen molar-refractivity contribution in [2.45, 2.75) is 19.9 Å². The number of hydrogen-bond donors (Lipinski definition) is 1. The lowest BCUT2D eigenvalue weighted by atomic mass is 10.1. The third-order valence-electron chi connectivity index (χ3n) is 2.27. The molecule has 15 heavy (non-hydrogen) atoms. The molecule has 0 radical (unpaired) electrons. The molecule has 0 spiro atoms. The van der Waals surface area contributed by atoms with Crippen molar-refractivity contribution >= 4 is 11.6 Å². The Bertz CT molecular complexity index is 291. The van der Waals surface area contributed by atoms with Crippen molar-refractivity contribution in [3.05, 3.63) is 34.9 Å². The van der Waals surface area contributed by atoms with Gasteiger partial charge in [-0.25, -0.2) is 0 Å². The van der Waals surface area contributed by atoms with E-state index in [0.717, 1.165) is 30.3 Å². The van der Waals surface area contributed by atoms with Gasteiger partial charge in [0.25, 0.3) is 0 Å². The zero-order chi connectivity index (χ0) is 11.1. The normalized spacial score (nSPS) is 12.7. The Hall–Kier alpha value is -0.570. The number of halogens is 1. The van der Waals surface area contributed by atoms with Crippen LogP contribution in [0.1, 0.15) is 25.5 Å². The first-order chi connectivity index (χ1) is 7.25. The number of nitrogens with one attached hydrogen (secondary N) is 1. The van der Waals surface area contributed by atoms with Crippen LogP contribution < -0.4 is 5.32 Å². The van der Waals surface area contributed by atoms with Gasteiger partial charge in [-0.05, 0) is 25.5 Å². The Labute approximate surface area is 96.6 Å². The molecule has 2 nitrogen and oxygen atoms in total. The largest absolute Gasteiger partial charge is 0.380 e. The molecule has 0 unspecified atom stereocenters. The fourth-order valence-corrected chi connectivity index (χ4v) is 1.73. The summed E-state index contributed by atoms with van der Waals surface area (Å²) >= 11 is 6.09. The van der Waals surface area contributed by atoms with Crippen LogP contribution >= 0.6 is 11.6 Å². The first kappa shape index (κ1) is 12.5. The summed E-state index contributed by atoms with van der Waals surface area (Å²) < 4.78 is 5.25. The van der Waals surface area contributed by atoms with Crippen LogP contribution in [-0.2, 0) is 4.74 Å². The molecule has 1 atom stereocenters. The van der Waals surface area contributed by atoms with Crippen molar-refractivity contribution in [1.29, 1.82) is 0 Å². The van der Waals surface area contributed by atoms with Crippen molar-refractivity contribution in [3.8, 4) is 0 Å². The topological polar surface area (TPSA) is 21.3 Å². The Balaban J connectivity index is 2.40. The first-order valence-electron chi connectivity index (χ1n) is 5.31. The summed E-state index contributed by atoms with van der Waals surface area (Å²) in [5.74, 6) is 0. The second kappa shape index (κ2) is 6.83. The number of rotatable bonds is 6. The number of benzene rings is 1. The second-order valence-electron chi connectivity index (χ2n) is 3.39. The van der Waals surface area contributed by atoms with E-state index in [4.69, 9.17) is 16.3 Å². The van der Waals surface area contributed by atoms with E-state index in [1.54, 1.807) is 0 Å². The molecule has 84 valence electrons. The quantitative estimate of drug-likeness (QED) is 0.755. The predicted molar refractivity (Wildman–Crippen MR) is 64.4 cm³/mol. The highest BCUT2D eigenvalue weighted by Crippen LogP contribution is 2.21. The standard InChI is InChI=1S/C12H18ClNO/c1-3-15-9-8-14-10(2)11-6-4-5-7-12(11)13/h4-7,10,14H,3,8-9H2,1-2H3/t10-/m0/s1. The third kappa shape index (κ3) is 4.20. The van der Waals surface area contributed by atoms with E-state index in [9.17, 15) is 0 Å². The predicted octanol–water partition coefficient (Wildman–Crippen LogP) is 3.03. The Kier molecular flexibility index (Phi) is 5.69. The summed E-state index contributed by atoms with van der Waals surface area (Å²) in [6.45, 7) is 6.46. The second-order valence-corrected chi connectivity index (χ2v) is 3.80. The molecule has 1 N–H and O–H groups in total. The zero-order valence-electron chi connectivity index (χ0n) is 9.29. The molecule has 3 heteroatoms. The van der Waals surface area contributed by atoms with E-state index < -0.39 is 0 Å². The van der Waals surface area contributed by atoms with E-state index in [0.29, 0.717) is 0 Å². The van der Waals surface area contributed by atoms with Gasteiger partial charge < -0.3 is 10.1 Å². The van der Waals surface area contributed by atoms with Crippen molar-refractivity contribution in [2.24, 2.45) is 0 Å². The molecule has 0 heterocycles. The van der Waals surface area contributed by atoms with Gasteiger partial charge in [0.2, 0.25) is 0 Å². The minimum atomic E-state index is 0.263. The molecule has 0 saturated heterocycles. The zero-order valence-corrected chi connectivity index (χ0v) is 10.1. The number of hydrogen-bond acceptors (Lipinski definition) is 2. The molecule has 0 aliphatic rings. The Morgan fingerprint density at radius 1 is 1.40 bits per heavy atom. The summed E-state index contributed by atoms with van der Waals surface area (Å²) in [5, 5.41) is 4.18. The first-order valence-corrected chi connectivity index (χ1v) is 5.69. The van der Waals surface area contributed by atoms with E-state index in [-0.39, 0.29) is 6.04 Å². The lowest BCUT2D eigenvalue weighted by Crippen LogP contribution is -2.23. The van der Waals surface area contributed by atoms with Crippen LogP contribution in [0.4, 0.5) is 0 Å². The maximum absolute atomic E-state index is 6.09. The lowest BCUT2D eigenvalue weighted by Gasteiger charge is -2.15. The van der Waals surface area contributed by atoms with Gasteiger partial charge >= 0.3 is 0 Å². The SMILES string of the molecule is CCOCCN[C@@H](C)c1ccccc1Cl. The molecule has 0 amide bonds. The Morgan fingerprint density at radius 3 is 2.80 bits per heavy atom. The molecule has 1 rings (SSSR count). The Morgan fingerprint density at radius 2 is 2.13 bits per heavy atom. The summed E-state index contributed by atoms with van der Waals surface area (Å²) in [5.41, 5.74) is 1.13. The average molecular weight is 228 g/mol. The average Bonchev–Trinajstić information content (AvgIpc) is 2.25. The molecule has 0 bridgehead atoms. The van der Waals surface area contributed by atoms with E-state index in [2.05, 4.69) is 12.2 Å². The maximum Gasteiger partial charge on any atom is 0.0590 e. The van der Waals surface area contributed by atoms with E-state index in [1.165, 1.54) is 0 Å². The number of ether oxygens (including phenoxy) is 1. The fraction of sp³-hybridized carbons (Fsp3) is 0.500. The minimum absolute atomic E-state index is 0.263. The minimum Gasteiger partial charge on any atom is -0.380 e. The highest BCUT2D eigenvalue weighted by Gasteiger charge is 2.07. The van der Waals surface area contributed by atoms with Gasteiger partial charge in [-0.15, -0.1) is 0 Å². The van der Waals surface area contributed by atoms with Crippen molar-refractivity contribution in [2.75, 3.05) is 19.8 Å². The van der Waals surface area contributed by atoms with E-state index >= 15 is 0 Å². The molecule has 0 aliphatic heterocycles. The van der Waals surface area contributed by atoms with Crippen LogP contribution in [0.5, 0.6) is 0 Å². The summed E-state index contributed by atoms with van der Waals surface area (Å²) in [6, 6.07) is 8.16. The van der Waals surface area contributed by atoms with Gasteiger partial charge in [-0.3, -0.25) is 0 Å². The molecular weight excluding hydrogens is 210 g/mol. The van der Waals surface area contributed by atoms with Gasteiger partial charge in [0.05, 0.1) is 6.61 Å². The van der Waals surface area contributed by atoms with Crippen molar-refractivity contribution in [3.63, 3.8) is 0 Å². The monoisotopic (exact) mass is 227 g/mol.